The van der Waals surface area contributed by atoms with Crippen LogP contribution in [0.15, 0.2) is 0 Å². The number of alkyl halides is 1. The van der Waals surface area contributed by atoms with E-state index in [2.05, 4.69) is 11.8 Å². The molecule has 1 atom stereocenters. The Kier molecular flexibility index (Phi) is 4.24. The van der Waals surface area contributed by atoms with Gasteiger partial charge in [0.2, 0.25) is 0 Å². The van der Waals surface area contributed by atoms with E-state index in [1.54, 1.807) is 0 Å². The van der Waals surface area contributed by atoms with Crippen molar-refractivity contribution < 1.29 is 0 Å². The van der Waals surface area contributed by atoms with Gasteiger partial charge in [-0.05, 0) is 45.7 Å². The van der Waals surface area contributed by atoms with Crippen LogP contribution < -0.4 is 0 Å². The lowest BCUT2D eigenvalue weighted by Gasteiger charge is -2.23. The first kappa shape index (κ1) is 9.34. The smallest absolute Gasteiger partial charge is 0.0224 e. The maximum Gasteiger partial charge on any atom is 0.0224 e. The molecule has 1 aliphatic heterocycles. The van der Waals surface area contributed by atoms with Gasteiger partial charge in [-0.25, -0.2) is 0 Å². The highest BCUT2D eigenvalue weighted by molar-refractivity contribution is 6.17. The summed E-state index contributed by atoms with van der Waals surface area (Å²) in [6.07, 6.45) is 5.22. The first-order chi connectivity index (χ1) is 5.34. The van der Waals surface area contributed by atoms with Crippen molar-refractivity contribution in [2.75, 3.05) is 19.0 Å². The van der Waals surface area contributed by atoms with E-state index in [0.29, 0.717) is 0 Å². The van der Waals surface area contributed by atoms with Crippen molar-refractivity contribution >= 4 is 11.6 Å². The molecule has 2 heteroatoms. The van der Waals surface area contributed by atoms with E-state index in [4.69, 9.17) is 11.6 Å². The maximum atomic E-state index is 5.63. The third kappa shape index (κ3) is 3.00. The summed E-state index contributed by atoms with van der Waals surface area (Å²) in [7, 11) is 0. The predicted molar refractivity (Wildman–Crippen MR) is 50.2 cm³/mol. The Bertz CT molecular complexity index is 99.7. The van der Waals surface area contributed by atoms with Gasteiger partial charge in [0, 0.05) is 11.9 Å². The minimum atomic E-state index is 0.760. The fraction of sp³-hybridized carbons (Fsp3) is 1.00. The predicted octanol–water partition coefficient (Wildman–Crippen LogP) is 2.49. The summed E-state index contributed by atoms with van der Waals surface area (Å²) < 4.78 is 0. The lowest BCUT2D eigenvalue weighted by molar-refractivity contribution is 0.246. The molecule has 0 aromatic carbocycles. The van der Waals surface area contributed by atoms with Gasteiger partial charge in [-0.2, -0.15) is 0 Å². The highest BCUT2D eigenvalue weighted by atomic mass is 35.5. The Labute approximate surface area is 74.7 Å². The molecule has 11 heavy (non-hydrogen) atoms. The molecule has 1 unspecified atom stereocenters. The topological polar surface area (TPSA) is 3.24 Å². The van der Waals surface area contributed by atoms with E-state index in [9.17, 15) is 0 Å². The van der Waals surface area contributed by atoms with Crippen molar-refractivity contribution in [2.45, 2.75) is 38.6 Å². The van der Waals surface area contributed by atoms with Gasteiger partial charge in [-0.15, -0.1) is 11.6 Å². The van der Waals surface area contributed by atoms with Gasteiger partial charge in [0.15, 0.2) is 0 Å². The summed E-state index contributed by atoms with van der Waals surface area (Å²) in [5.41, 5.74) is 0. The second kappa shape index (κ2) is 5.00. The van der Waals surface area contributed by atoms with E-state index in [-0.39, 0.29) is 0 Å². The van der Waals surface area contributed by atoms with Crippen molar-refractivity contribution in [3.63, 3.8) is 0 Å². The molecular formula is C9H18ClN. The third-order valence-electron chi connectivity index (χ3n) is 2.52. The minimum Gasteiger partial charge on any atom is -0.301 e. The molecular weight excluding hydrogens is 158 g/mol. The molecule has 0 aromatic rings. The molecule has 0 N–H and O–H groups in total. The van der Waals surface area contributed by atoms with Crippen LogP contribution in [0.2, 0.25) is 0 Å². The van der Waals surface area contributed by atoms with Crippen LogP contribution in [-0.4, -0.2) is 29.9 Å². The molecule has 1 nitrogen and oxygen atoms in total. The summed E-state index contributed by atoms with van der Waals surface area (Å²) in [6, 6.07) is 0.760. The van der Waals surface area contributed by atoms with Crippen LogP contribution in [0.3, 0.4) is 0 Å². The highest BCUT2D eigenvalue weighted by Crippen LogP contribution is 2.14. The van der Waals surface area contributed by atoms with E-state index >= 15 is 0 Å². The standard InChI is InChI=1S/C9H18ClN/c1-9(5-4-6-10)11-7-2-3-8-11/h9H,2-8H2,1H3. The Morgan fingerprint density at radius 1 is 1.36 bits per heavy atom. The van der Waals surface area contributed by atoms with E-state index in [1.807, 2.05) is 0 Å². The average molecular weight is 176 g/mol. The molecule has 0 amide bonds. The SMILES string of the molecule is CC(CCCCl)N1CCCC1. The Morgan fingerprint density at radius 2 is 2.00 bits per heavy atom. The van der Waals surface area contributed by atoms with Crippen LogP contribution in [0.25, 0.3) is 0 Å². The highest BCUT2D eigenvalue weighted by Gasteiger charge is 2.16. The number of likely N-dealkylation sites (tertiary alicyclic amines) is 1. The van der Waals surface area contributed by atoms with E-state index in [1.165, 1.54) is 38.8 Å². The van der Waals surface area contributed by atoms with Crippen molar-refractivity contribution in [2.24, 2.45) is 0 Å². The van der Waals surface area contributed by atoms with E-state index in [0.717, 1.165) is 11.9 Å². The van der Waals surface area contributed by atoms with Crippen molar-refractivity contribution in [1.29, 1.82) is 0 Å². The number of hydrogen-bond donors (Lipinski definition) is 0. The van der Waals surface area contributed by atoms with Gasteiger partial charge < -0.3 is 4.90 Å². The van der Waals surface area contributed by atoms with Crippen molar-refractivity contribution in [1.82, 2.24) is 4.90 Å². The van der Waals surface area contributed by atoms with Gasteiger partial charge in [0.25, 0.3) is 0 Å². The summed E-state index contributed by atoms with van der Waals surface area (Å²) in [6.45, 7) is 4.94. The quantitative estimate of drug-likeness (QED) is 0.594. The molecule has 0 radical (unpaired) electrons. The number of nitrogens with zero attached hydrogens (tertiary/aromatic N) is 1. The van der Waals surface area contributed by atoms with Crippen LogP contribution in [0, 0.1) is 0 Å². The molecule has 0 saturated carbocycles. The van der Waals surface area contributed by atoms with E-state index < -0.39 is 0 Å². The molecule has 1 heterocycles. The van der Waals surface area contributed by atoms with Crippen LogP contribution in [0.5, 0.6) is 0 Å². The Balaban J connectivity index is 2.12. The maximum absolute atomic E-state index is 5.63. The molecule has 0 aliphatic carbocycles. The summed E-state index contributed by atoms with van der Waals surface area (Å²) in [5, 5.41) is 0. The second-order valence-corrected chi connectivity index (χ2v) is 3.80. The lowest BCUT2D eigenvalue weighted by atomic mass is 10.2. The molecule has 1 aliphatic rings. The zero-order valence-electron chi connectivity index (χ0n) is 7.35. The number of rotatable bonds is 4. The van der Waals surface area contributed by atoms with Gasteiger partial charge in [0.1, 0.15) is 0 Å². The van der Waals surface area contributed by atoms with Crippen LogP contribution >= 0.6 is 11.6 Å². The fourth-order valence-electron chi connectivity index (χ4n) is 1.74. The zero-order chi connectivity index (χ0) is 8.10. The van der Waals surface area contributed by atoms with Gasteiger partial charge >= 0.3 is 0 Å². The average Bonchev–Trinajstić information content (AvgIpc) is 2.52. The molecule has 0 spiro atoms. The van der Waals surface area contributed by atoms with Crippen molar-refractivity contribution in [3.05, 3.63) is 0 Å². The number of hydrogen-bond acceptors (Lipinski definition) is 1. The molecule has 1 rings (SSSR count). The Hall–Kier alpha value is 0.250. The number of halogens is 1. The first-order valence-electron chi connectivity index (χ1n) is 4.64. The molecule has 0 aromatic heterocycles. The van der Waals surface area contributed by atoms with Crippen LogP contribution in [-0.2, 0) is 0 Å². The summed E-state index contributed by atoms with van der Waals surface area (Å²) in [4.78, 5) is 2.58. The van der Waals surface area contributed by atoms with Crippen LogP contribution in [0.1, 0.15) is 32.6 Å². The lowest BCUT2D eigenvalue weighted by Crippen LogP contribution is -2.29. The minimum absolute atomic E-state index is 0.760. The largest absolute Gasteiger partial charge is 0.301 e. The normalized spacial score (nSPS) is 22.4. The molecule has 1 fully saturated rings. The van der Waals surface area contributed by atoms with Crippen molar-refractivity contribution in [3.8, 4) is 0 Å². The first-order valence-corrected chi connectivity index (χ1v) is 5.18. The summed E-state index contributed by atoms with van der Waals surface area (Å²) >= 11 is 5.63. The Morgan fingerprint density at radius 3 is 2.55 bits per heavy atom. The second-order valence-electron chi connectivity index (χ2n) is 3.42. The van der Waals surface area contributed by atoms with Crippen LogP contribution in [0.4, 0.5) is 0 Å². The molecule has 1 saturated heterocycles. The molecule has 66 valence electrons. The fourth-order valence-corrected chi connectivity index (χ4v) is 1.89. The van der Waals surface area contributed by atoms with Gasteiger partial charge in [0.05, 0.1) is 0 Å². The van der Waals surface area contributed by atoms with Gasteiger partial charge in [-0.1, -0.05) is 0 Å². The van der Waals surface area contributed by atoms with Gasteiger partial charge in [-0.3, -0.25) is 0 Å². The zero-order valence-corrected chi connectivity index (χ0v) is 8.11. The third-order valence-corrected chi connectivity index (χ3v) is 2.79. The summed E-state index contributed by atoms with van der Waals surface area (Å²) in [5.74, 6) is 0.818. The monoisotopic (exact) mass is 175 g/mol. The molecule has 0 bridgehead atoms.